The average molecular weight is 333 g/mol. The molecule has 0 spiro atoms. The predicted octanol–water partition coefficient (Wildman–Crippen LogP) is 0.714. The molecule has 2 rings (SSSR count). The number of nitro groups is 1. The van der Waals surface area contributed by atoms with Crippen molar-refractivity contribution in [1.82, 2.24) is 9.78 Å². The molecule has 24 heavy (non-hydrogen) atoms. The predicted molar refractivity (Wildman–Crippen MR) is 79.2 cm³/mol. The Bertz CT molecular complexity index is 848. The summed E-state index contributed by atoms with van der Waals surface area (Å²) in [5.74, 6) is -2.03. The van der Waals surface area contributed by atoms with Gasteiger partial charge in [-0.15, -0.1) is 0 Å². The fourth-order valence-corrected chi connectivity index (χ4v) is 1.86. The highest BCUT2D eigenvalue weighted by Crippen LogP contribution is 2.16. The third-order valence-corrected chi connectivity index (χ3v) is 3.01. The summed E-state index contributed by atoms with van der Waals surface area (Å²) in [6.07, 6.45) is 1.03. The average Bonchev–Trinajstić information content (AvgIpc) is 2.60. The third kappa shape index (κ3) is 3.11. The first kappa shape index (κ1) is 16.8. The van der Waals surface area contributed by atoms with Crippen LogP contribution in [0.2, 0.25) is 0 Å². The van der Waals surface area contributed by atoms with Crippen LogP contribution in [0, 0.1) is 10.1 Å². The fraction of sp³-hybridized carbons (Fsp3) is 0.143. The molecule has 0 aliphatic rings. The highest BCUT2D eigenvalue weighted by molar-refractivity contribution is 5.93. The molecule has 2 aromatic rings. The van der Waals surface area contributed by atoms with Crippen LogP contribution in [-0.2, 0) is 9.47 Å². The lowest BCUT2D eigenvalue weighted by molar-refractivity contribution is -0.384. The molecule has 0 unspecified atom stereocenters. The van der Waals surface area contributed by atoms with Gasteiger partial charge >= 0.3 is 11.9 Å². The summed E-state index contributed by atoms with van der Waals surface area (Å²) in [6, 6.07) is 5.27. The number of aromatic nitrogens is 2. The summed E-state index contributed by atoms with van der Waals surface area (Å²) in [7, 11) is 2.11. The Morgan fingerprint density at radius 3 is 2.46 bits per heavy atom. The molecule has 0 bridgehead atoms. The molecule has 124 valence electrons. The Hall–Kier alpha value is -3.56. The minimum absolute atomic E-state index is 0.166. The second-order valence-corrected chi connectivity index (χ2v) is 4.43. The molecule has 0 atom stereocenters. The summed E-state index contributed by atoms with van der Waals surface area (Å²) < 4.78 is 9.95. The van der Waals surface area contributed by atoms with Gasteiger partial charge in [-0.3, -0.25) is 14.9 Å². The van der Waals surface area contributed by atoms with Gasteiger partial charge in [-0.05, 0) is 6.07 Å². The van der Waals surface area contributed by atoms with E-state index < -0.39 is 33.5 Å². The quantitative estimate of drug-likeness (QED) is 0.454. The van der Waals surface area contributed by atoms with E-state index in [4.69, 9.17) is 0 Å². The van der Waals surface area contributed by atoms with E-state index in [-0.39, 0.29) is 11.4 Å². The van der Waals surface area contributed by atoms with Gasteiger partial charge in [0, 0.05) is 18.3 Å². The molecule has 1 aromatic heterocycles. The zero-order valence-corrected chi connectivity index (χ0v) is 12.6. The zero-order chi connectivity index (χ0) is 17.9. The number of benzene rings is 1. The van der Waals surface area contributed by atoms with E-state index in [0.717, 1.165) is 25.1 Å². The van der Waals surface area contributed by atoms with Crippen LogP contribution in [0.25, 0.3) is 5.69 Å². The second kappa shape index (κ2) is 6.69. The number of nitrogens with zero attached hydrogens (tertiary/aromatic N) is 3. The summed E-state index contributed by atoms with van der Waals surface area (Å²) in [5, 5.41) is 14.6. The maximum atomic E-state index is 12.1. The van der Waals surface area contributed by atoms with E-state index in [2.05, 4.69) is 14.6 Å². The van der Waals surface area contributed by atoms with Crippen LogP contribution < -0.4 is 5.43 Å². The molecule has 0 saturated heterocycles. The van der Waals surface area contributed by atoms with Crippen molar-refractivity contribution < 1.29 is 24.0 Å². The van der Waals surface area contributed by atoms with Crippen molar-refractivity contribution in [2.75, 3.05) is 14.2 Å². The maximum Gasteiger partial charge on any atom is 0.362 e. The molecular formula is C14H11N3O7. The van der Waals surface area contributed by atoms with Gasteiger partial charge in [0.25, 0.3) is 5.69 Å². The lowest BCUT2D eigenvalue weighted by Crippen LogP contribution is -2.28. The standard InChI is InChI=1S/C14H11N3O7/c1-23-13(19)10-7-16(15-11(12(10)18)14(20)24-2)8-4-3-5-9(6-8)17(21)22/h3-7H,1-2H3. The maximum absolute atomic E-state index is 12.1. The number of ether oxygens (including phenoxy) is 2. The number of carbonyl (C=O) groups excluding carboxylic acids is 2. The normalized spacial score (nSPS) is 10.1. The van der Waals surface area contributed by atoms with Crippen LogP contribution in [0.1, 0.15) is 20.8 Å². The number of hydrogen-bond donors (Lipinski definition) is 0. The van der Waals surface area contributed by atoms with E-state index in [1.165, 1.54) is 24.3 Å². The lowest BCUT2D eigenvalue weighted by atomic mass is 10.2. The largest absolute Gasteiger partial charge is 0.465 e. The Balaban J connectivity index is 2.72. The first-order chi connectivity index (χ1) is 11.4. The van der Waals surface area contributed by atoms with Gasteiger partial charge < -0.3 is 9.47 Å². The van der Waals surface area contributed by atoms with Crippen LogP contribution in [0.15, 0.2) is 35.3 Å². The van der Waals surface area contributed by atoms with Gasteiger partial charge in [-0.1, -0.05) is 6.07 Å². The number of non-ortho nitro benzene ring substituents is 1. The number of carbonyl (C=O) groups is 2. The van der Waals surface area contributed by atoms with Crippen LogP contribution in [0.4, 0.5) is 5.69 Å². The second-order valence-electron chi connectivity index (χ2n) is 4.43. The Morgan fingerprint density at radius 2 is 1.88 bits per heavy atom. The van der Waals surface area contributed by atoms with Crippen LogP contribution in [-0.4, -0.2) is 40.9 Å². The molecule has 10 nitrogen and oxygen atoms in total. The van der Waals surface area contributed by atoms with Gasteiger partial charge in [0.1, 0.15) is 5.56 Å². The van der Waals surface area contributed by atoms with Gasteiger partial charge in [-0.2, -0.15) is 5.10 Å². The molecule has 1 heterocycles. The summed E-state index contributed by atoms with van der Waals surface area (Å²) in [6.45, 7) is 0. The SMILES string of the molecule is COC(=O)c1cn(-c2cccc([N+](=O)[O-])c2)nc(C(=O)OC)c1=O. The van der Waals surface area contributed by atoms with Crippen LogP contribution >= 0.6 is 0 Å². The van der Waals surface area contributed by atoms with Crippen molar-refractivity contribution in [1.29, 1.82) is 0 Å². The Labute approximate surface area is 134 Å². The number of hydrogen-bond acceptors (Lipinski definition) is 8. The van der Waals surface area contributed by atoms with Gasteiger partial charge in [0.2, 0.25) is 11.1 Å². The zero-order valence-electron chi connectivity index (χ0n) is 12.6. The number of rotatable bonds is 4. The van der Waals surface area contributed by atoms with E-state index in [9.17, 15) is 24.5 Å². The first-order valence-corrected chi connectivity index (χ1v) is 6.44. The summed E-state index contributed by atoms with van der Waals surface area (Å²) in [5.41, 5.74) is -2.13. The minimum Gasteiger partial charge on any atom is -0.465 e. The van der Waals surface area contributed by atoms with E-state index >= 15 is 0 Å². The van der Waals surface area contributed by atoms with E-state index in [1.807, 2.05) is 0 Å². The van der Waals surface area contributed by atoms with Gasteiger partial charge in [0.15, 0.2) is 0 Å². The Kier molecular flexibility index (Phi) is 4.68. The molecule has 0 fully saturated rings. The van der Waals surface area contributed by atoms with E-state index in [0.29, 0.717) is 0 Å². The molecule has 0 aliphatic carbocycles. The fourth-order valence-electron chi connectivity index (χ4n) is 1.86. The molecule has 0 radical (unpaired) electrons. The number of methoxy groups -OCH3 is 2. The monoisotopic (exact) mass is 333 g/mol. The van der Waals surface area contributed by atoms with Crippen molar-refractivity contribution in [3.63, 3.8) is 0 Å². The van der Waals surface area contributed by atoms with Crippen molar-refractivity contribution >= 4 is 17.6 Å². The van der Waals surface area contributed by atoms with Crippen molar-refractivity contribution in [2.45, 2.75) is 0 Å². The molecule has 10 heteroatoms. The van der Waals surface area contributed by atoms with Crippen molar-refractivity contribution in [3.05, 3.63) is 62.1 Å². The third-order valence-electron chi connectivity index (χ3n) is 3.01. The molecule has 0 aliphatic heterocycles. The van der Waals surface area contributed by atoms with E-state index in [1.54, 1.807) is 0 Å². The van der Waals surface area contributed by atoms with Gasteiger partial charge in [-0.25, -0.2) is 14.3 Å². The smallest absolute Gasteiger partial charge is 0.362 e. The Morgan fingerprint density at radius 1 is 1.21 bits per heavy atom. The van der Waals surface area contributed by atoms with Crippen molar-refractivity contribution in [3.8, 4) is 5.69 Å². The summed E-state index contributed by atoms with van der Waals surface area (Å²) >= 11 is 0. The molecule has 0 N–H and O–H groups in total. The van der Waals surface area contributed by atoms with Crippen LogP contribution in [0.3, 0.4) is 0 Å². The highest BCUT2D eigenvalue weighted by atomic mass is 16.6. The minimum atomic E-state index is -1.05. The van der Waals surface area contributed by atoms with Crippen molar-refractivity contribution in [2.24, 2.45) is 0 Å². The van der Waals surface area contributed by atoms with Gasteiger partial charge in [0.05, 0.1) is 24.8 Å². The first-order valence-electron chi connectivity index (χ1n) is 6.44. The topological polar surface area (TPSA) is 131 Å². The molecule has 0 amide bonds. The molecular weight excluding hydrogens is 322 g/mol. The lowest BCUT2D eigenvalue weighted by Gasteiger charge is -2.09. The number of esters is 2. The van der Waals surface area contributed by atoms with Crippen LogP contribution in [0.5, 0.6) is 0 Å². The highest BCUT2D eigenvalue weighted by Gasteiger charge is 2.22. The molecule has 0 saturated carbocycles. The number of nitro benzene ring substituents is 1. The molecule has 1 aromatic carbocycles. The summed E-state index contributed by atoms with van der Waals surface area (Å²) in [4.78, 5) is 45.8.